The molecule has 1 saturated heterocycles. The second-order valence-electron chi connectivity index (χ2n) is 6.41. The highest BCUT2D eigenvalue weighted by Crippen LogP contribution is 2.25. The first-order valence-corrected chi connectivity index (χ1v) is 9.03. The van der Waals surface area contributed by atoms with Gasteiger partial charge in [0.25, 0.3) is 0 Å². The first kappa shape index (κ1) is 16.7. The molecular formula is C19H27N5. The molecule has 3 rings (SSSR count). The second kappa shape index (κ2) is 8.08. The molecule has 0 atom stereocenters. The maximum atomic E-state index is 4.73. The molecule has 128 valence electrons. The van der Waals surface area contributed by atoms with Gasteiger partial charge in [-0.2, -0.15) is 10.1 Å². The third-order valence-electron chi connectivity index (χ3n) is 4.89. The summed E-state index contributed by atoms with van der Waals surface area (Å²) in [5, 5.41) is 8.35. The smallest absolute Gasteiger partial charge is 0.247 e. The molecule has 0 amide bonds. The minimum Gasteiger partial charge on any atom is -0.355 e. The van der Waals surface area contributed by atoms with Gasteiger partial charge < -0.3 is 9.80 Å². The van der Waals surface area contributed by atoms with Crippen LogP contribution in [0.4, 0.5) is 11.8 Å². The van der Waals surface area contributed by atoms with E-state index in [1.807, 2.05) is 0 Å². The van der Waals surface area contributed by atoms with Crippen molar-refractivity contribution < 1.29 is 0 Å². The Morgan fingerprint density at radius 1 is 1.08 bits per heavy atom. The molecular weight excluding hydrogens is 298 g/mol. The summed E-state index contributed by atoms with van der Waals surface area (Å²) in [7, 11) is 0. The van der Waals surface area contributed by atoms with Crippen LogP contribution in [0.25, 0.3) is 0 Å². The average molecular weight is 325 g/mol. The van der Waals surface area contributed by atoms with Crippen LogP contribution in [0.1, 0.15) is 32.3 Å². The van der Waals surface area contributed by atoms with Crippen molar-refractivity contribution in [3.63, 3.8) is 0 Å². The molecule has 0 saturated carbocycles. The van der Waals surface area contributed by atoms with Crippen LogP contribution in [0.2, 0.25) is 0 Å². The van der Waals surface area contributed by atoms with Crippen LogP contribution in [0, 0.1) is 5.92 Å². The number of aromatic nitrogens is 3. The van der Waals surface area contributed by atoms with E-state index in [0.29, 0.717) is 0 Å². The molecule has 1 aromatic heterocycles. The summed E-state index contributed by atoms with van der Waals surface area (Å²) in [6.45, 7) is 8.15. The van der Waals surface area contributed by atoms with E-state index in [-0.39, 0.29) is 0 Å². The molecule has 2 heterocycles. The Morgan fingerprint density at radius 3 is 2.46 bits per heavy atom. The number of anilines is 2. The Kier molecular flexibility index (Phi) is 5.62. The summed E-state index contributed by atoms with van der Waals surface area (Å²) >= 11 is 0. The fraction of sp³-hybridized carbons (Fsp3) is 0.526. The molecule has 0 bridgehead atoms. The standard InChI is InChI=1S/C19H27N5/c1-3-23(4-2)19-21-18(15-20-22-19)24-12-10-17(11-13-24)14-16-8-6-5-7-9-16/h5-9,15,17H,3-4,10-14H2,1-2H3. The Hall–Kier alpha value is -2.17. The van der Waals surface area contributed by atoms with Crippen molar-refractivity contribution in [2.75, 3.05) is 36.0 Å². The van der Waals surface area contributed by atoms with Crippen LogP contribution in [0.5, 0.6) is 0 Å². The van der Waals surface area contributed by atoms with Gasteiger partial charge >= 0.3 is 0 Å². The fourth-order valence-electron chi connectivity index (χ4n) is 3.39. The van der Waals surface area contributed by atoms with Gasteiger partial charge in [0.15, 0.2) is 5.82 Å². The third kappa shape index (κ3) is 4.02. The van der Waals surface area contributed by atoms with Gasteiger partial charge in [-0.25, -0.2) is 0 Å². The van der Waals surface area contributed by atoms with E-state index in [2.05, 4.69) is 64.2 Å². The minimum absolute atomic E-state index is 0.740. The van der Waals surface area contributed by atoms with Gasteiger partial charge in [-0.1, -0.05) is 30.3 Å². The monoisotopic (exact) mass is 325 g/mol. The highest BCUT2D eigenvalue weighted by molar-refractivity contribution is 5.41. The lowest BCUT2D eigenvalue weighted by molar-refractivity contribution is 0.402. The normalized spacial score (nSPS) is 15.5. The topological polar surface area (TPSA) is 45.2 Å². The van der Waals surface area contributed by atoms with E-state index in [9.17, 15) is 0 Å². The van der Waals surface area contributed by atoms with E-state index in [4.69, 9.17) is 4.98 Å². The number of rotatable bonds is 6. The summed E-state index contributed by atoms with van der Waals surface area (Å²) in [4.78, 5) is 9.21. The molecule has 1 aliphatic rings. The van der Waals surface area contributed by atoms with Crippen LogP contribution < -0.4 is 9.80 Å². The van der Waals surface area contributed by atoms with Gasteiger partial charge in [-0.15, -0.1) is 5.10 Å². The molecule has 5 heteroatoms. The SMILES string of the molecule is CCN(CC)c1nncc(N2CCC(Cc3ccccc3)CC2)n1. The van der Waals surface area contributed by atoms with Crippen molar-refractivity contribution in [3.05, 3.63) is 42.1 Å². The number of nitrogens with zero attached hydrogens (tertiary/aromatic N) is 5. The summed E-state index contributed by atoms with van der Waals surface area (Å²) < 4.78 is 0. The molecule has 0 radical (unpaired) electrons. The first-order valence-electron chi connectivity index (χ1n) is 9.03. The third-order valence-corrected chi connectivity index (χ3v) is 4.89. The molecule has 24 heavy (non-hydrogen) atoms. The molecule has 1 aliphatic heterocycles. The number of piperidine rings is 1. The van der Waals surface area contributed by atoms with Gasteiger partial charge in [0.1, 0.15) is 0 Å². The van der Waals surface area contributed by atoms with Gasteiger partial charge in [-0.3, -0.25) is 0 Å². The Balaban J connectivity index is 1.59. The predicted octanol–water partition coefficient (Wildman–Crippen LogP) is 3.18. The van der Waals surface area contributed by atoms with Gasteiger partial charge in [-0.05, 0) is 44.6 Å². The molecule has 2 aromatic rings. The van der Waals surface area contributed by atoms with Gasteiger partial charge in [0.2, 0.25) is 5.95 Å². The van der Waals surface area contributed by atoms with Crippen molar-refractivity contribution in [3.8, 4) is 0 Å². The average Bonchev–Trinajstić information content (AvgIpc) is 2.65. The lowest BCUT2D eigenvalue weighted by Crippen LogP contribution is -2.35. The zero-order valence-corrected chi connectivity index (χ0v) is 14.7. The lowest BCUT2D eigenvalue weighted by atomic mass is 9.90. The summed E-state index contributed by atoms with van der Waals surface area (Å²) in [5.41, 5.74) is 1.45. The molecule has 0 N–H and O–H groups in total. The fourth-order valence-corrected chi connectivity index (χ4v) is 3.39. The highest BCUT2D eigenvalue weighted by Gasteiger charge is 2.21. The van der Waals surface area contributed by atoms with Crippen LogP contribution in [0.15, 0.2) is 36.5 Å². The molecule has 0 spiro atoms. The maximum Gasteiger partial charge on any atom is 0.247 e. The minimum atomic E-state index is 0.740. The largest absolute Gasteiger partial charge is 0.355 e. The quantitative estimate of drug-likeness (QED) is 0.816. The lowest BCUT2D eigenvalue weighted by Gasteiger charge is -2.33. The predicted molar refractivity (Wildman–Crippen MR) is 98.5 cm³/mol. The van der Waals surface area contributed by atoms with Crippen molar-refractivity contribution in [1.82, 2.24) is 15.2 Å². The van der Waals surface area contributed by atoms with Crippen molar-refractivity contribution in [2.24, 2.45) is 5.92 Å². The Bertz CT molecular complexity index is 619. The van der Waals surface area contributed by atoms with E-state index in [0.717, 1.165) is 43.9 Å². The first-order chi connectivity index (χ1) is 11.8. The van der Waals surface area contributed by atoms with Crippen LogP contribution in [-0.2, 0) is 6.42 Å². The highest BCUT2D eigenvalue weighted by atomic mass is 15.3. The van der Waals surface area contributed by atoms with E-state index >= 15 is 0 Å². The molecule has 1 aromatic carbocycles. The van der Waals surface area contributed by atoms with Crippen LogP contribution >= 0.6 is 0 Å². The Morgan fingerprint density at radius 2 is 1.79 bits per heavy atom. The summed E-state index contributed by atoms with van der Waals surface area (Å²) in [6.07, 6.45) is 5.39. The zero-order valence-electron chi connectivity index (χ0n) is 14.7. The molecule has 5 nitrogen and oxygen atoms in total. The number of benzene rings is 1. The molecule has 0 unspecified atom stereocenters. The summed E-state index contributed by atoms with van der Waals surface area (Å²) in [6, 6.07) is 10.8. The van der Waals surface area contributed by atoms with Gasteiger partial charge in [0.05, 0.1) is 6.20 Å². The number of hydrogen-bond donors (Lipinski definition) is 0. The Labute approximate surface area is 144 Å². The number of hydrogen-bond acceptors (Lipinski definition) is 5. The zero-order chi connectivity index (χ0) is 16.8. The van der Waals surface area contributed by atoms with E-state index < -0.39 is 0 Å². The van der Waals surface area contributed by atoms with Crippen molar-refractivity contribution in [1.29, 1.82) is 0 Å². The van der Waals surface area contributed by atoms with E-state index in [1.165, 1.54) is 24.8 Å². The second-order valence-corrected chi connectivity index (χ2v) is 6.41. The van der Waals surface area contributed by atoms with Crippen LogP contribution in [0.3, 0.4) is 0 Å². The summed E-state index contributed by atoms with van der Waals surface area (Å²) in [5.74, 6) is 2.47. The maximum absolute atomic E-state index is 4.73. The van der Waals surface area contributed by atoms with Crippen LogP contribution in [-0.4, -0.2) is 41.4 Å². The van der Waals surface area contributed by atoms with Crippen molar-refractivity contribution >= 4 is 11.8 Å². The van der Waals surface area contributed by atoms with Crippen molar-refractivity contribution in [2.45, 2.75) is 33.1 Å². The molecule has 0 aliphatic carbocycles. The molecule has 1 fully saturated rings. The van der Waals surface area contributed by atoms with E-state index in [1.54, 1.807) is 6.20 Å². The van der Waals surface area contributed by atoms with Gasteiger partial charge in [0, 0.05) is 26.2 Å².